The second kappa shape index (κ2) is 15.7. The Morgan fingerprint density at radius 3 is 2.43 bits per heavy atom. The third-order valence-electron chi connectivity index (χ3n) is 7.12. The summed E-state index contributed by atoms with van der Waals surface area (Å²) >= 11 is 12.1. The van der Waals surface area contributed by atoms with Gasteiger partial charge in [0, 0.05) is 17.3 Å². The van der Waals surface area contributed by atoms with Crippen LogP contribution in [0.4, 0.5) is 0 Å². The van der Waals surface area contributed by atoms with E-state index < -0.39 is 72.2 Å². The van der Waals surface area contributed by atoms with Crippen molar-refractivity contribution in [2.24, 2.45) is 11.8 Å². The minimum Gasteiger partial charge on any atom is -0.493 e. The molecule has 3 aromatic rings. The molecule has 1 amide bonds. The fraction of sp³-hybridized carbons (Fsp3) is 0.333. The van der Waals surface area contributed by atoms with Crippen LogP contribution in [-0.2, 0) is 35.0 Å². The van der Waals surface area contributed by atoms with Crippen molar-refractivity contribution in [3.63, 3.8) is 0 Å². The third-order valence-corrected chi connectivity index (χ3v) is 7.67. The molecule has 2 unspecified atom stereocenters. The Hall–Kier alpha value is -4.68. The van der Waals surface area contributed by atoms with Gasteiger partial charge in [0.2, 0.25) is 5.75 Å². The first-order valence-electron chi connectivity index (χ1n) is 14.5. The summed E-state index contributed by atoms with van der Waals surface area (Å²) < 4.78 is 27.6. The molecule has 0 radical (unpaired) electrons. The van der Waals surface area contributed by atoms with Gasteiger partial charge in [-0.05, 0) is 37.1 Å². The summed E-state index contributed by atoms with van der Waals surface area (Å²) in [6.07, 6.45) is -0.957. The predicted octanol–water partition coefficient (Wildman–Crippen LogP) is 4.63. The summed E-state index contributed by atoms with van der Waals surface area (Å²) in [6, 6.07) is 13.0. The molecule has 0 saturated carbocycles. The first-order chi connectivity index (χ1) is 22.4. The highest BCUT2D eigenvalue weighted by Gasteiger charge is 2.42. The van der Waals surface area contributed by atoms with Gasteiger partial charge in [-0.1, -0.05) is 67.4 Å². The normalized spacial score (nSPS) is 19.7. The lowest BCUT2D eigenvalue weighted by molar-refractivity contribution is -0.176. The second-order valence-corrected chi connectivity index (χ2v) is 11.7. The number of carbonyl (C=O) groups excluding carboxylic acids is 5. The molecule has 0 aliphatic carbocycles. The van der Waals surface area contributed by atoms with Gasteiger partial charge in [0.25, 0.3) is 5.91 Å². The minimum atomic E-state index is -1.52. The van der Waals surface area contributed by atoms with Crippen LogP contribution in [0.15, 0.2) is 60.8 Å². The average Bonchev–Trinajstić information content (AvgIpc) is 3.07. The Kier molecular flexibility index (Phi) is 11.8. The van der Waals surface area contributed by atoms with Gasteiger partial charge in [0.15, 0.2) is 23.6 Å². The summed E-state index contributed by atoms with van der Waals surface area (Å²) in [6.45, 7) is 4.12. The molecule has 1 fully saturated rings. The lowest BCUT2D eigenvalue weighted by atomic mass is 9.91. The van der Waals surface area contributed by atoms with Crippen LogP contribution in [0.5, 0.6) is 11.5 Å². The molecule has 4 rings (SSSR count). The summed E-state index contributed by atoms with van der Waals surface area (Å²) in [7, 11) is 1.29. The van der Waals surface area contributed by atoms with E-state index in [9.17, 15) is 24.0 Å². The number of ether oxygens (including phenoxy) is 5. The summed E-state index contributed by atoms with van der Waals surface area (Å²) in [4.78, 5) is 70.0. The van der Waals surface area contributed by atoms with Gasteiger partial charge in [-0.15, -0.1) is 0 Å². The maximum absolute atomic E-state index is 13.5. The predicted molar refractivity (Wildman–Crippen MR) is 168 cm³/mol. The van der Waals surface area contributed by atoms with Crippen molar-refractivity contribution in [2.45, 2.75) is 45.4 Å². The van der Waals surface area contributed by atoms with Gasteiger partial charge in [-0.2, -0.15) is 0 Å². The number of rotatable bonds is 9. The first kappa shape index (κ1) is 35.2. The van der Waals surface area contributed by atoms with E-state index in [1.165, 1.54) is 44.5 Å². The number of benzene rings is 2. The van der Waals surface area contributed by atoms with Crippen LogP contribution in [0.25, 0.3) is 0 Å². The number of aromatic nitrogens is 1. The molecule has 2 aromatic carbocycles. The highest BCUT2D eigenvalue weighted by Crippen LogP contribution is 2.32. The Labute approximate surface area is 280 Å². The Morgan fingerprint density at radius 2 is 1.77 bits per heavy atom. The van der Waals surface area contributed by atoms with E-state index in [2.05, 4.69) is 10.3 Å². The number of hydrogen-bond donors (Lipinski definition) is 1. The van der Waals surface area contributed by atoms with E-state index in [1.54, 1.807) is 38.1 Å². The number of halogens is 2. The molecule has 47 heavy (non-hydrogen) atoms. The van der Waals surface area contributed by atoms with Gasteiger partial charge >= 0.3 is 23.9 Å². The number of hydrogen-bond acceptors (Lipinski definition) is 11. The van der Waals surface area contributed by atoms with Crippen molar-refractivity contribution in [3.8, 4) is 11.5 Å². The van der Waals surface area contributed by atoms with Gasteiger partial charge in [-0.3, -0.25) is 14.4 Å². The number of methoxy groups -OCH3 is 1. The van der Waals surface area contributed by atoms with E-state index >= 15 is 0 Å². The maximum atomic E-state index is 13.5. The number of esters is 4. The van der Waals surface area contributed by atoms with Crippen LogP contribution in [0, 0.1) is 11.8 Å². The van der Waals surface area contributed by atoms with Crippen LogP contribution in [-0.4, -0.2) is 66.7 Å². The molecule has 1 saturated heterocycles. The Morgan fingerprint density at radius 1 is 1.04 bits per heavy atom. The summed E-state index contributed by atoms with van der Waals surface area (Å²) in [5, 5.41) is 2.73. The molecule has 1 aliphatic heterocycles. The quantitative estimate of drug-likeness (QED) is 0.247. The Bertz CT molecular complexity index is 1650. The van der Waals surface area contributed by atoms with Crippen molar-refractivity contribution >= 4 is 53.0 Å². The monoisotopic (exact) mass is 686 g/mol. The second-order valence-electron chi connectivity index (χ2n) is 10.9. The highest BCUT2D eigenvalue weighted by molar-refractivity contribution is 6.36. The first-order valence-corrected chi connectivity index (χ1v) is 15.3. The van der Waals surface area contributed by atoms with Crippen molar-refractivity contribution in [1.82, 2.24) is 10.3 Å². The topological polar surface area (TPSA) is 156 Å². The SMILES string of the molecule is COc1ccnc(C(=O)NC2COC(=O)[C@H](Cc3ccccc3)C(OC(=O)C(C)C)[C@H](C)OC2=O)c1OC(=O)c1ccc(Cl)cc1Cl. The zero-order valence-corrected chi connectivity index (χ0v) is 27.4. The van der Waals surface area contributed by atoms with Gasteiger partial charge in [0.1, 0.15) is 18.6 Å². The van der Waals surface area contributed by atoms with E-state index in [-0.39, 0.29) is 28.5 Å². The van der Waals surface area contributed by atoms with Crippen molar-refractivity contribution in [3.05, 3.63) is 87.7 Å². The van der Waals surface area contributed by atoms with Crippen molar-refractivity contribution in [1.29, 1.82) is 0 Å². The fourth-order valence-corrected chi connectivity index (χ4v) is 5.12. The van der Waals surface area contributed by atoms with E-state index in [1.807, 2.05) is 6.07 Å². The third kappa shape index (κ3) is 8.78. The number of nitrogens with one attached hydrogen (secondary N) is 1. The number of nitrogens with zero attached hydrogens (tertiary/aromatic N) is 1. The Balaban J connectivity index is 1.60. The lowest BCUT2D eigenvalue weighted by Crippen LogP contribution is -2.47. The van der Waals surface area contributed by atoms with Crippen LogP contribution in [0.3, 0.4) is 0 Å². The molecule has 2 heterocycles. The lowest BCUT2D eigenvalue weighted by Gasteiger charge is -2.29. The van der Waals surface area contributed by atoms with E-state index in [0.29, 0.717) is 5.02 Å². The molecule has 1 aromatic heterocycles. The largest absolute Gasteiger partial charge is 0.493 e. The van der Waals surface area contributed by atoms with Crippen molar-refractivity contribution < 1.29 is 47.7 Å². The number of carbonyl (C=O) groups is 5. The molecule has 0 spiro atoms. The van der Waals surface area contributed by atoms with Crippen LogP contribution in [0.2, 0.25) is 10.0 Å². The fourth-order valence-electron chi connectivity index (χ4n) is 4.63. The molecule has 1 aliphatic rings. The molecular formula is C33H32Cl2N2O10. The van der Waals surface area contributed by atoms with Gasteiger partial charge in [-0.25, -0.2) is 14.6 Å². The maximum Gasteiger partial charge on any atom is 0.345 e. The average molecular weight is 688 g/mol. The molecule has 0 bridgehead atoms. The molecule has 14 heteroatoms. The van der Waals surface area contributed by atoms with Crippen LogP contribution >= 0.6 is 23.2 Å². The zero-order valence-electron chi connectivity index (χ0n) is 25.9. The van der Waals surface area contributed by atoms with E-state index in [4.69, 9.17) is 46.9 Å². The summed E-state index contributed by atoms with van der Waals surface area (Å²) in [5.74, 6) is -6.23. The van der Waals surface area contributed by atoms with Crippen molar-refractivity contribution in [2.75, 3.05) is 13.7 Å². The standard InChI is InChI=1S/C33H32Cl2N2O10/c1-17(2)30(39)46-27-18(3)45-33(42)24(16-44-31(40)22(27)14-19-8-6-5-7-9-19)37-29(38)26-28(25(43-4)12-13-36-26)47-32(41)21-11-10-20(34)15-23(21)35/h5-13,15,17-18,22,24,27H,14,16H2,1-4H3,(H,37,38)/t18-,22+,24?,27?/m0/s1. The smallest absolute Gasteiger partial charge is 0.345 e. The summed E-state index contributed by atoms with van der Waals surface area (Å²) in [5.41, 5.74) is 0.279. The molecule has 4 atom stereocenters. The number of cyclic esters (lactones) is 2. The molecular weight excluding hydrogens is 655 g/mol. The van der Waals surface area contributed by atoms with Crippen LogP contribution in [0.1, 0.15) is 47.2 Å². The van der Waals surface area contributed by atoms with Gasteiger partial charge < -0.3 is 29.0 Å². The minimum absolute atomic E-state index is 0.00331. The molecule has 12 nitrogen and oxygen atoms in total. The van der Waals surface area contributed by atoms with Gasteiger partial charge in [0.05, 0.1) is 23.6 Å². The highest BCUT2D eigenvalue weighted by atomic mass is 35.5. The molecule has 248 valence electrons. The molecule has 1 N–H and O–H groups in total. The zero-order chi connectivity index (χ0) is 34.2. The number of amides is 1. The number of pyridine rings is 1. The van der Waals surface area contributed by atoms with Crippen LogP contribution < -0.4 is 14.8 Å². The van der Waals surface area contributed by atoms with E-state index in [0.717, 1.165) is 5.56 Å².